The number of ether oxygens (including phenoxy) is 1. The van der Waals surface area contributed by atoms with Gasteiger partial charge in [0, 0.05) is 17.8 Å². The van der Waals surface area contributed by atoms with Gasteiger partial charge >= 0.3 is 0 Å². The molecule has 6 nitrogen and oxygen atoms in total. The minimum atomic E-state index is -3.47. The number of rotatable bonds is 5. The van der Waals surface area contributed by atoms with Crippen LogP contribution in [0.3, 0.4) is 0 Å². The van der Waals surface area contributed by atoms with Gasteiger partial charge in [-0.1, -0.05) is 29.8 Å². The Balaban J connectivity index is 1.64. The zero-order valence-electron chi connectivity index (χ0n) is 17.0. The van der Waals surface area contributed by atoms with Gasteiger partial charge in [0.05, 0.1) is 36.6 Å². The molecule has 0 spiro atoms. The second-order valence-corrected chi connectivity index (χ2v) is 10.5. The summed E-state index contributed by atoms with van der Waals surface area (Å²) in [6.45, 7) is 4.56. The molecule has 3 aromatic rings. The number of carbonyl (C=O) groups is 1. The molecule has 0 N–H and O–H groups in total. The van der Waals surface area contributed by atoms with Crippen LogP contribution in [0.4, 0.5) is 5.69 Å². The van der Waals surface area contributed by atoms with Gasteiger partial charge in [0.2, 0.25) is 10.0 Å². The van der Waals surface area contributed by atoms with Crippen molar-refractivity contribution in [1.82, 2.24) is 4.90 Å². The van der Waals surface area contributed by atoms with Gasteiger partial charge in [0.15, 0.2) is 0 Å². The van der Waals surface area contributed by atoms with Crippen molar-refractivity contribution >= 4 is 43.0 Å². The van der Waals surface area contributed by atoms with E-state index in [9.17, 15) is 13.2 Å². The molecule has 1 amide bonds. The number of anilines is 1. The molecular weight excluding hydrogens is 420 g/mol. The summed E-state index contributed by atoms with van der Waals surface area (Å²) in [6.07, 6.45) is 1.21. The Hall–Kier alpha value is -2.42. The highest BCUT2D eigenvalue weighted by atomic mass is 32.2. The molecular formula is C22H24N2O4S2. The monoisotopic (exact) mass is 444 g/mol. The number of morpholine rings is 1. The standard InChI is InChI=1S/C22H24N2O4S2/c1-16-3-5-17(6-4-16)15-24(30(2,26)27)19-7-8-20-18(13-19)14-21(29-20)22(25)23-9-11-28-12-10-23/h3-8,13-14H,9-12,15H2,1-2H3. The van der Waals surface area contributed by atoms with Crippen molar-refractivity contribution in [2.75, 3.05) is 36.9 Å². The first-order valence-electron chi connectivity index (χ1n) is 9.75. The van der Waals surface area contributed by atoms with Crippen molar-refractivity contribution in [2.45, 2.75) is 13.5 Å². The summed E-state index contributed by atoms with van der Waals surface area (Å²) >= 11 is 1.43. The van der Waals surface area contributed by atoms with Crippen LogP contribution in [0, 0.1) is 6.92 Å². The van der Waals surface area contributed by atoms with Gasteiger partial charge in [-0.3, -0.25) is 9.10 Å². The van der Waals surface area contributed by atoms with Crippen molar-refractivity contribution in [3.8, 4) is 0 Å². The summed E-state index contributed by atoms with van der Waals surface area (Å²) in [5.74, 6) is 0.000625. The van der Waals surface area contributed by atoms with Gasteiger partial charge in [-0.2, -0.15) is 0 Å². The van der Waals surface area contributed by atoms with Crippen molar-refractivity contribution in [3.63, 3.8) is 0 Å². The SMILES string of the molecule is Cc1ccc(CN(c2ccc3sc(C(=O)N4CCOCC4)cc3c2)S(C)(=O)=O)cc1. The van der Waals surface area contributed by atoms with E-state index in [1.807, 2.05) is 49.4 Å². The highest BCUT2D eigenvalue weighted by molar-refractivity contribution is 7.92. The van der Waals surface area contributed by atoms with Gasteiger partial charge in [-0.05, 0) is 42.1 Å². The number of carbonyl (C=O) groups excluding carboxylic acids is 1. The maximum Gasteiger partial charge on any atom is 0.264 e. The number of sulfonamides is 1. The van der Waals surface area contributed by atoms with E-state index < -0.39 is 10.0 Å². The first-order chi connectivity index (χ1) is 14.3. The highest BCUT2D eigenvalue weighted by Crippen LogP contribution is 2.32. The fourth-order valence-electron chi connectivity index (χ4n) is 3.47. The van der Waals surface area contributed by atoms with Gasteiger partial charge in [0.1, 0.15) is 0 Å². The molecule has 0 bridgehead atoms. The maximum absolute atomic E-state index is 12.8. The molecule has 1 aliphatic heterocycles. The first kappa shape index (κ1) is 20.8. The van der Waals surface area contributed by atoms with E-state index in [0.29, 0.717) is 36.9 Å². The fourth-order valence-corrected chi connectivity index (χ4v) is 5.36. The number of hydrogen-bond donors (Lipinski definition) is 0. The zero-order chi connectivity index (χ0) is 21.3. The minimum absolute atomic E-state index is 0.000625. The Bertz CT molecular complexity index is 1160. The molecule has 0 atom stereocenters. The van der Waals surface area contributed by atoms with Crippen LogP contribution in [0.5, 0.6) is 0 Å². The lowest BCUT2D eigenvalue weighted by atomic mass is 10.1. The Kier molecular flexibility index (Phi) is 5.81. The second kappa shape index (κ2) is 8.37. The van der Waals surface area contributed by atoms with Crippen LogP contribution in [-0.4, -0.2) is 51.8 Å². The number of aryl methyl sites for hydroxylation is 1. The lowest BCUT2D eigenvalue weighted by molar-refractivity contribution is 0.0306. The molecule has 8 heteroatoms. The van der Waals surface area contributed by atoms with Crippen LogP contribution in [0.1, 0.15) is 20.8 Å². The Morgan fingerprint density at radius 1 is 1.10 bits per heavy atom. The van der Waals surface area contributed by atoms with E-state index in [1.165, 1.54) is 21.9 Å². The zero-order valence-corrected chi connectivity index (χ0v) is 18.6. The molecule has 1 saturated heterocycles. The van der Waals surface area contributed by atoms with E-state index in [2.05, 4.69) is 0 Å². The average molecular weight is 445 g/mol. The van der Waals surface area contributed by atoms with Crippen molar-refractivity contribution in [2.24, 2.45) is 0 Å². The molecule has 0 unspecified atom stereocenters. The summed E-state index contributed by atoms with van der Waals surface area (Å²) in [4.78, 5) is 15.3. The molecule has 0 radical (unpaired) electrons. The molecule has 30 heavy (non-hydrogen) atoms. The molecule has 1 aliphatic rings. The van der Waals surface area contributed by atoms with Crippen molar-refractivity contribution < 1.29 is 17.9 Å². The lowest BCUT2D eigenvalue weighted by Gasteiger charge is -2.26. The van der Waals surface area contributed by atoms with Gasteiger partial charge in [-0.15, -0.1) is 11.3 Å². The number of hydrogen-bond acceptors (Lipinski definition) is 5. The normalized spacial score (nSPS) is 14.8. The first-order valence-corrected chi connectivity index (χ1v) is 12.4. The molecule has 2 aromatic carbocycles. The average Bonchev–Trinajstić information content (AvgIpc) is 3.16. The van der Waals surface area contributed by atoms with E-state index in [4.69, 9.17) is 4.74 Å². The molecule has 1 aromatic heterocycles. The van der Waals surface area contributed by atoms with Crippen LogP contribution in [-0.2, 0) is 21.3 Å². The topological polar surface area (TPSA) is 66.9 Å². The fraction of sp³-hybridized carbons (Fsp3) is 0.318. The molecule has 4 rings (SSSR count). The number of benzene rings is 2. The Morgan fingerprint density at radius 3 is 2.47 bits per heavy atom. The highest BCUT2D eigenvalue weighted by Gasteiger charge is 2.22. The third-order valence-corrected chi connectivity index (χ3v) is 7.39. The molecule has 158 valence electrons. The van der Waals surface area contributed by atoms with Gasteiger partial charge < -0.3 is 9.64 Å². The molecule has 0 saturated carbocycles. The largest absolute Gasteiger partial charge is 0.378 e. The predicted molar refractivity (Wildman–Crippen MR) is 121 cm³/mol. The quantitative estimate of drug-likeness (QED) is 0.603. The van der Waals surface area contributed by atoms with Crippen LogP contribution in [0.15, 0.2) is 48.5 Å². The summed E-state index contributed by atoms with van der Waals surface area (Å²) in [5, 5.41) is 0.867. The number of thiophene rings is 1. The van der Waals surface area contributed by atoms with E-state index in [-0.39, 0.29) is 12.5 Å². The van der Waals surface area contributed by atoms with Gasteiger partial charge in [-0.25, -0.2) is 8.42 Å². The minimum Gasteiger partial charge on any atom is -0.378 e. The Morgan fingerprint density at radius 2 is 1.80 bits per heavy atom. The summed E-state index contributed by atoms with van der Waals surface area (Å²) in [5.41, 5.74) is 2.63. The molecule has 1 fully saturated rings. The number of fused-ring (bicyclic) bond motifs is 1. The van der Waals surface area contributed by atoms with E-state index in [1.54, 1.807) is 11.0 Å². The smallest absolute Gasteiger partial charge is 0.264 e. The lowest BCUT2D eigenvalue weighted by Crippen LogP contribution is -2.40. The van der Waals surface area contributed by atoms with Crippen LogP contribution in [0.2, 0.25) is 0 Å². The van der Waals surface area contributed by atoms with E-state index in [0.717, 1.165) is 21.2 Å². The second-order valence-electron chi connectivity index (χ2n) is 7.49. The maximum atomic E-state index is 12.8. The summed E-state index contributed by atoms with van der Waals surface area (Å²) < 4.78 is 32.7. The third-order valence-electron chi connectivity index (χ3n) is 5.14. The van der Waals surface area contributed by atoms with Crippen LogP contribution >= 0.6 is 11.3 Å². The third kappa shape index (κ3) is 4.50. The predicted octanol–water partition coefficient (Wildman–Crippen LogP) is 3.65. The van der Waals surface area contributed by atoms with Crippen LogP contribution < -0.4 is 4.31 Å². The van der Waals surface area contributed by atoms with Gasteiger partial charge in [0.25, 0.3) is 5.91 Å². The number of nitrogens with zero attached hydrogens (tertiary/aromatic N) is 2. The molecule has 2 heterocycles. The van der Waals surface area contributed by atoms with E-state index >= 15 is 0 Å². The molecule has 0 aliphatic carbocycles. The summed E-state index contributed by atoms with van der Waals surface area (Å²) in [6, 6.07) is 15.2. The van der Waals surface area contributed by atoms with Crippen LogP contribution in [0.25, 0.3) is 10.1 Å². The Labute approximate surface area is 180 Å². The van der Waals surface area contributed by atoms with Crippen molar-refractivity contribution in [3.05, 3.63) is 64.5 Å². The summed E-state index contributed by atoms with van der Waals surface area (Å²) in [7, 11) is -3.47. The number of amides is 1. The van der Waals surface area contributed by atoms with Crippen molar-refractivity contribution in [1.29, 1.82) is 0 Å².